The van der Waals surface area contributed by atoms with Crippen LogP contribution >= 0.6 is 0 Å². The summed E-state index contributed by atoms with van der Waals surface area (Å²) < 4.78 is 0. The third-order valence-electron chi connectivity index (χ3n) is 3.88. The Balaban J connectivity index is 2.33. The maximum absolute atomic E-state index is 11.6. The molecule has 1 N–H and O–H groups in total. The molecule has 0 spiro atoms. The molecule has 0 aliphatic carbocycles. The van der Waals surface area contributed by atoms with E-state index in [1.165, 1.54) is 11.2 Å². The Hall–Kier alpha value is -3.02. The van der Waals surface area contributed by atoms with Crippen molar-refractivity contribution >= 4 is 17.3 Å². The number of piperazine rings is 1. The Labute approximate surface area is 144 Å². The topological polar surface area (TPSA) is 146 Å². The summed E-state index contributed by atoms with van der Waals surface area (Å²) >= 11 is 0. The van der Waals surface area contributed by atoms with Crippen molar-refractivity contribution in [2.45, 2.75) is 0 Å². The second kappa shape index (κ2) is 8.73. The fourth-order valence-corrected chi connectivity index (χ4v) is 2.69. The molecule has 2 heterocycles. The fraction of sp³-hybridized carbons (Fsp3) is 0.571. The van der Waals surface area contributed by atoms with Crippen molar-refractivity contribution in [2.75, 3.05) is 62.2 Å². The first-order valence-corrected chi connectivity index (χ1v) is 7.68. The van der Waals surface area contributed by atoms with Crippen LogP contribution in [-0.4, -0.2) is 77.3 Å². The zero-order valence-electron chi connectivity index (χ0n) is 13.6. The standard InChI is InChI=1S/C14H18N8O3/c15-1-3-20(4-2-16)13-12(22(24)25)14(18-11-17-13)21-7-5-19(6-8-21)9-10-23/h11,23H,3-10H2. The van der Waals surface area contributed by atoms with Gasteiger partial charge < -0.3 is 14.9 Å². The van der Waals surface area contributed by atoms with E-state index < -0.39 is 4.92 Å². The van der Waals surface area contributed by atoms with Crippen molar-refractivity contribution in [1.29, 1.82) is 10.5 Å². The van der Waals surface area contributed by atoms with Crippen LogP contribution in [0.4, 0.5) is 17.3 Å². The molecule has 11 heteroatoms. The molecule has 0 atom stereocenters. The van der Waals surface area contributed by atoms with E-state index in [1.807, 2.05) is 12.1 Å². The van der Waals surface area contributed by atoms with E-state index in [4.69, 9.17) is 15.6 Å². The van der Waals surface area contributed by atoms with Crippen LogP contribution in [0.3, 0.4) is 0 Å². The molecule has 11 nitrogen and oxygen atoms in total. The smallest absolute Gasteiger partial charge is 0.353 e. The van der Waals surface area contributed by atoms with Gasteiger partial charge in [-0.25, -0.2) is 9.97 Å². The number of aliphatic hydroxyl groups excluding tert-OH is 1. The third kappa shape index (κ3) is 4.29. The van der Waals surface area contributed by atoms with E-state index in [0.29, 0.717) is 32.7 Å². The molecule has 25 heavy (non-hydrogen) atoms. The molecular weight excluding hydrogens is 328 g/mol. The van der Waals surface area contributed by atoms with Crippen LogP contribution < -0.4 is 9.80 Å². The lowest BCUT2D eigenvalue weighted by Crippen LogP contribution is -2.47. The van der Waals surface area contributed by atoms with Crippen molar-refractivity contribution < 1.29 is 10.0 Å². The number of nitro groups is 1. The molecule has 0 amide bonds. The zero-order chi connectivity index (χ0) is 18.2. The predicted octanol–water partition coefficient (Wildman–Crippen LogP) is -0.647. The Bertz CT molecular complexity index is 674. The number of nitriles is 2. The SMILES string of the molecule is N#CCN(CC#N)c1ncnc(N2CCN(CCO)CC2)c1[N+](=O)[O-]. The van der Waals surface area contributed by atoms with Gasteiger partial charge in [0.25, 0.3) is 0 Å². The quantitative estimate of drug-likeness (QED) is 0.384. The van der Waals surface area contributed by atoms with Crippen molar-refractivity contribution in [3.05, 3.63) is 16.4 Å². The van der Waals surface area contributed by atoms with Gasteiger partial charge in [0.15, 0.2) is 0 Å². The monoisotopic (exact) mass is 346 g/mol. The number of nitrogens with zero attached hydrogens (tertiary/aromatic N) is 8. The largest absolute Gasteiger partial charge is 0.395 e. The average Bonchev–Trinajstić information content (AvgIpc) is 2.62. The molecule has 0 saturated carbocycles. The lowest BCUT2D eigenvalue weighted by molar-refractivity contribution is -0.383. The van der Waals surface area contributed by atoms with E-state index in [1.54, 1.807) is 4.90 Å². The van der Waals surface area contributed by atoms with Crippen molar-refractivity contribution in [3.8, 4) is 12.1 Å². The lowest BCUT2D eigenvalue weighted by Gasteiger charge is -2.34. The van der Waals surface area contributed by atoms with Crippen LogP contribution in [0.15, 0.2) is 6.33 Å². The minimum Gasteiger partial charge on any atom is -0.395 e. The second-order valence-electron chi connectivity index (χ2n) is 5.35. The second-order valence-corrected chi connectivity index (χ2v) is 5.35. The summed E-state index contributed by atoms with van der Waals surface area (Å²) in [5.41, 5.74) is -0.302. The lowest BCUT2D eigenvalue weighted by atomic mass is 10.2. The normalized spacial score (nSPS) is 14.6. The van der Waals surface area contributed by atoms with Crippen molar-refractivity contribution in [1.82, 2.24) is 14.9 Å². The van der Waals surface area contributed by atoms with Gasteiger partial charge >= 0.3 is 5.69 Å². The van der Waals surface area contributed by atoms with Crippen LogP contribution in [0.25, 0.3) is 0 Å². The highest BCUT2D eigenvalue weighted by Crippen LogP contribution is 2.34. The molecular formula is C14H18N8O3. The number of β-amino-alcohol motifs (C(OH)–C–C–N with tert-alkyl or cyclic N) is 1. The Morgan fingerprint density at radius 3 is 2.40 bits per heavy atom. The van der Waals surface area contributed by atoms with Crippen LogP contribution in [-0.2, 0) is 0 Å². The first-order valence-electron chi connectivity index (χ1n) is 7.68. The Morgan fingerprint density at radius 2 is 1.88 bits per heavy atom. The first-order chi connectivity index (χ1) is 12.1. The number of aliphatic hydroxyl groups is 1. The Kier molecular flexibility index (Phi) is 6.39. The van der Waals surface area contributed by atoms with Crippen molar-refractivity contribution in [3.63, 3.8) is 0 Å². The summed E-state index contributed by atoms with van der Waals surface area (Å²) in [5.74, 6) is 0.149. The van der Waals surface area contributed by atoms with Gasteiger partial charge in [0.1, 0.15) is 19.4 Å². The molecule has 0 radical (unpaired) electrons. The maximum Gasteiger partial charge on any atom is 0.353 e. The number of aromatic nitrogens is 2. The number of rotatable bonds is 7. The summed E-state index contributed by atoms with van der Waals surface area (Å²) in [4.78, 5) is 24.2. The van der Waals surface area contributed by atoms with Crippen molar-refractivity contribution in [2.24, 2.45) is 0 Å². The van der Waals surface area contributed by atoms with E-state index in [0.717, 1.165) is 0 Å². The molecule has 1 aliphatic rings. The molecule has 1 aliphatic heterocycles. The van der Waals surface area contributed by atoms with Crippen LogP contribution in [0.1, 0.15) is 0 Å². The van der Waals surface area contributed by atoms with Crippen LogP contribution in [0, 0.1) is 32.8 Å². The molecule has 1 aromatic heterocycles. The molecule has 132 valence electrons. The maximum atomic E-state index is 11.6. The van der Waals surface area contributed by atoms with E-state index >= 15 is 0 Å². The average molecular weight is 346 g/mol. The van der Waals surface area contributed by atoms with E-state index in [-0.39, 0.29) is 37.0 Å². The van der Waals surface area contributed by atoms with Crippen LogP contribution in [0.2, 0.25) is 0 Å². The molecule has 2 rings (SSSR count). The highest BCUT2D eigenvalue weighted by atomic mass is 16.6. The predicted molar refractivity (Wildman–Crippen MR) is 87.9 cm³/mol. The number of hydrogen-bond donors (Lipinski definition) is 1. The van der Waals surface area contributed by atoms with Gasteiger partial charge in [0, 0.05) is 32.7 Å². The van der Waals surface area contributed by atoms with Gasteiger partial charge in [0.2, 0.25) is 11.6 Å². The van der Waals surface area contributed by atoms with Gasteiger partial charge in [-0.15, -0.1) is 0 Å². The molecule has 1 aromatic rings. The van der Waals surface area contributed by atoms with E-state index in [2.05, 4.69) is 14.9 Å². The van der Waals surface area contributed by atoms with Crippen LogP contribution in [0.5, 0.6) is 0 Å². The van der Waals surface area contributed by atoms with Gasteiger partial charge in [-0.1, -0.05) is 0 Å². The number of hydrogen-bond acceptors (Lipinski definition) is 10. The summed E-state index contributed by atoms with van der Waals surface area (Å²) in [6.45, 7) is 2.60. The van der Waals surface area contributed by atoms with E-state index in [9.17, 15) is 10.1 Å². The zero-order valence-corrected chi connectivity index (χ0v) is 13.6. The summed E-state index contributed by atoms with van der Waals surface area (Å²) in [5, 5.41) is 38.4. The minimum absolute atomic E-state index is 0.0316. The molecule has 0 aromatic carbocycles. The Morgan fingerprint density at radius 1 is 1.24 bits per heavy atom. The van der Waals surface area contributed by atoms with Gasteiger partial charge in [-0.3, -0.25) is 15.0 Å². The first kappa shape index (κ1) is 18.3. The summed E-state index contributed by atoms with van der Waals surface area (Å²) in [7, 11) is 0. The molecule has 0 bridgehead atoms. The molecule has 1 saturated heterocycles. The highest BCUT2D eigenvalue weighted by molar-refractivity contribution is 5.71. The van der Waals surface area contributed by atoms with Gasteiger partial charge in [-0.05, 0) is 0 Å². The fourth-order valence-electron chi connectivity index (χ4n) is 2.69. The molecule has 1 fully saturated rings. The molecule has 0 unspecified atom stereocenters. The summed E-state index contributed by atoms with van der Waals surface area (Å²) in [6, 6.07) is 3.77. The van der Waals surface area contributed by atoms with Gasteiger partial charge in [-0.2, -0.15) is 10.5 Å². The third-order valence-corrected chi connectivity index (χ3v) is 3.88. The van der Waals surface area contributed by atoms with Gasteiger partial charge in [0.05, 0.1) is 23.7 Å². The minimum atomic E-state index is -0.577. The summed E-state index contributed by atoms with van der Waals surface area (Å²) in [6.07, 6.45) is 1.21. The highest BCUT2D eigenvalue weighted by Gasteiger charge is 2.31. The number of anilines is 2.